The van der Waals surface area contributed by atoms with Crippen molar-refractivity contribution < 1.29 is 5.11 Å². The quantitative estimate of drug-likeness (QED) is 0.500. The van der Waals surface area contributed by atoms with Gasteiger partial charge in [0.15, 0.2) is 0 Å². The van der Waals surface area contributed by atoms with Crippen LogP contribution in [-0.2, 0) is 0 Å². The van der Waals surface area contributed by atoms with Crippen molar-refractivity contribution in [3.05, 3.63) is 34.9 Å². The van der Waals surface area contributed by atoms with Gasteiger partial charge in [0, 0.05) is 17.5 Å². The molecule has 0 aliphatic carbocycles. The van der Waals surface area contributed by atoms with Crippen molar-refractivity contribution in [2.75, 3.05) is 13.2 Å². The third-order valence-corrected chi connectivity index (χ3v) is 2.27. The third-order valence-electron chi connectivity index (χ3n) is 1.93. The molecule has 0 saturated heterocycles. The van der Waals surface area contributed by atoms with Crippen molar-refractivity contribution in [2.45, 2.75) is 5.92 Å². The SMILES string of the molecule is NNCC(CO)c1ccccc1Cl. The molecule has 0 heterocycles. The van der Waals surface area contributed by atoms with Gasteiger partial charge in [0.25, 0.3) is 0 Å². The zero-order valence-electron chi connectivity index (χ0n) is 7.20. The first-order chi connectivity index (χ1) is 6.29. The van der Waals surface area contributed by atoms with Crippen LogP contribution in [0.25, 0.3) is 0 Å². The third kappa shape index (κ3) is 2.67. The Hall–Kier alpha value is -0.610. The molecule has 0 bridgehead atoms. The van der Waals surface area contributed by atoms with Gasteiger partial charge in [0.2, 0.25) is 0 Å². The number of hydrogen-bond acceptors (Lipinski definition) is 3. The smallest absolute Gasteiger partial charge is 0.0513 e. The highest BCUT2D eigenvalue weighted by Crippen LogP contribution is 2.23. The number of nitrogens with one attached hydrogen (secondary N) is 1. The van der Waals surface area contributed by atoms with E-state index in [1.807, 2.05) is 18.2 Å². The average molecular weight is 201 g/mol. The van der Waals surface area contributed by atoms with Gasteiger partial charge in [-0.15, -0.1) is 0 Å². The van der Waals surface area contributed by atoms with Crippen LogP contribution in [0.1, 0.15) is 11.5 Å². The molecule has 1 unspecified atom stereocenters. The van der Waals surface area contributed by atoms with E-state index >= 15 is 0 Å². The van der Waals surface area contributed by atoms with Crippen LogP contribution >= 0.6 is 11.6 Å². The second kappa shape index (κ2) is 5.19. The molecule has 0 aromatic heterocycles. The summed E-state index contributed by atoms with van der Waals surface area (Å²) in [6, 6.07) is 7.44. The molecule has 0 aliphatic heterocycles. The molecular weight excluding hydrogens is 188 g/mol. The van der Waals surface area contributed by atoms with Crippen molar-refractivity contribution >= 4 is 11.6 Å². The van der Waals surface area contributed by atoms with Crippen LogP contribution in [0.15, 0.2) is 24.3 Å². The predicted molar refractivity (Wildman–Crippen MR) is 53.5 cm³/mol. The molecule has 0 fully saturated rings. The summed E-state index contributed by atoms with van der Waals surface area (Å²) in [6.45, 7) is 0.550. The minimum Gasteiger partial charge on any atom is -0.396 e. The number of hydrazine groups is 1. The Morgan fingerprint density at radius 1 is 1.46 bits per heavy atom. The molecule has 1 aromatic carbocycles. The first-order valence-electron chi connectivity index (χ1n) is 4.08. The maximum atomic E-state index is 9.08. The van der Waals surface area contributed by atoms with E-state index in [2.05, 4.69) is 5.43 Å². The molecule has 1 rings (SSSR count). The Morgan fingerprint density at radius 2 is 2.15 bits per heavy atom. The number of aliphatic hydroxyl groups is 1. The number of aliphatic hydroxyl groups excluding tert-OH is 1. The van der Waals surface area contributed by atoms with E-state index in [0.717, 1.165) is 5.56 Å². The summed E-state index contributed by atoms with van der Waals surface area (Å²) in [7, 11) is 0. The van der Waals surface area contributed by atoms with Gasteiger partial charge in [0.1, 0.15) is 0 Å². The Bertz CT molecular complexity index is 268. The molecule has 13 heavy (non-hydrogen) atoms. The lowest BCUT2D eigenvalue weighted by molar-refractivity contribution is 0.262. The highest BCUT2D eigenvalue weighted by molar-refractivity contribution is 6.31. The van der Waals surface area contributed by atoms with Gasteiger partial charge in [-0.05, 0) is 11.6 Å². The largest absolute Gasteiger partial charge is 0.396 e. The van der Waals surface area contributed by atoms with Gasteiger partial charge in [-0.2, -0.15) is 0 Å². The van der Waals surface area contributed by atoms with Crippen molar-refractivity contribution in [3.8, 4) is 0 Å². The highest BCUT2D eigenvalue weighted by Gasteiger charge is 2.11. The number of rotatable bonds is 4. The Kier molecular flexibility index (Phi) is 4.18. The van der Waals surface area contributed by atoms with Gasteiger partial charge >= 0.3 is 0 Å². The molecule has 4 N–H and O–H groups in total. The molecular formula is C9H13ClN2O. The van der Waals surface area contributed by atoms with Gasteiger partial charge in [-0.1, -0.05) is 29.8 Å². The summed E-state index contributed by atoms with van der Waals surface area (Å²) in [5, 5.41) is 9.74. The van der Waals surface area contributed by atoms with Crippen molar-refractivity contribution in [1.82, 2.24) is 5.43 Å². The van der Waals surface area contributed by atoms with E-state index in [1.54, 1.807) is 6.07 Å². The minimum atomic E-state index is -0.0429. The van der Waals surface area contributed by atoms with Crippen LogP contribution in [-0.4, -0.2) is 18.3 Å². The molecule has 0 aliphatic rings. The topological polar surface area (TPSA) is 58.3 Å². The maximum Gasteiger partial charge on any atom is 0.0513 e. The molecule has 0 saturated carbocycles. The van der Waals surface area contributed by atoms with Crippen LogP contribution in [0.2, 0.25) is 5.02 Å². The lowest BCUT2D eigenvalue weighted by atomic mass is 10.0. The highest BCUT2D eigenvalue weighted by atomic mass is 35.5. The average Bonchev–Trinajstić information content (AvgIpc) is 2.16. The second-order valence-corrected chi connectivity index (χ2v) is 3.22. The predicted octanol–water partition coefficient (Wildman–Crippen LogP) is 0.879. The van der Waals surface area contributed by atoms with E-state index in [0.29, 0.717) is 11.6 Å². The summed E-state index contributed by atoms with van der Waals surface area (Å²) < 4.78 is 0. The summed E-state index contributed by atoms with van der Waals surface area (Å²) in [5.74, 6) is 5.15. The monoisotopic (exact) mass is 200 g/mol. The molecule has 3 nitrogen and oxygen atoms in total. The normalized spacial score (nSPS) is 12.8. The summed E-state index contributed by atoms with van der Waals surface area (Å²) in [4.78, 5) is 0. The van der Waals surface area contributed by atoms with Crippen molar-refractivity contribution in [2.24, 2.45) is 5.84 Å². The van der Waals surface area contributed by atoms with E-state index in [9.17, 15) is 0 Å². The van der Waals surface area contributed by atoms with Gasteiger partial charge in [0.05, 0.1) is 6.61 Å². The van der Waals surface area contributed by atoms with Crippen molar-refractivity contribution in [3.63, 3.8) is 0 Å². The van der Waals surface area contributed by atoms with Crippen LogP contribution in [0.3, 0.4) is 0 Å². The van der Waals surface area contributed by atoms with E-state index in [4.69, 9.17) is 22.6 Å². The van der Waals surface area contributed by atoms with Crippen LogP contribution in [0, 0.1) is 0 Å². The molecule has 0 radical (unpaired) electrons. The number of benzene rings is 1. The summed E-state index contributed by atoms with van der Waals surface area (Å²) in [5.41, 5.74) is 3.45. The Balaban J connectivity index is 2.84. The molecule has 1 atom stereocenters. The maximum absolute atomic E-state index is 9.08. The second-order valence-electron chi connectivity index (χ2n) is 2.81. The lowest BCUT2D eigenvalue weighted by Gasteiger charge is -2.14. The molecule has 72 valence electrons. The number of nitrogens with two attached hydrogens (primary N) is 1. The first-order valence-corrected chi connectivity index (χ1v) is 4.46. The first kappa shape index (κ1) is 10.5. The molecule has 4 heteroatoms. The zero-order valence-corrected chi connectivity index (χ0v) is 7.96. The Morgan fingerprint density at radius 3 is 2.69 bits per heavy atom. The Labute approximate surface area is 82.5 Å². The fraction of sp³-hybridized carbons (Fsp3) is 0.333. The van der Waals surface area contributed by atoms with E-state index in [1.165, 1.54) is 0 Å². The summed E-state index contributed by atoms with van der Waals surface area (Å²) in [6.07, 6.45) is 0. The zero-order chi connectivity index (χ0) is 9.68. The fourth-order valence-electron chi connectivity index (χ4n) is 1.22. The summed E-state index contributed by atoms with van der Waals surface area (Å²) >= 11 is 5.95. The van der Waals surface area contributed by atoms with Crippen molar-refractivity contribution in [1.29, 1.82) is 0 Å². The number of hydrogen-bond donors (Lipinski definition) is 3. The standard InChI is InChI=1S/C9H13ClN2O/c10-9-4-2-1-3-8(9)7(6-13)5-12-11/h1-4,7,12-13H,5-6,11H2. The lowest BCUT2D eigenvalue weighted by Crippen LogP contribution is -2.29. The molecule has 1 aromatic rings. The molecule has 0 amide bonds. The van der Waals surface area contributed by atoms with Crippen LogP contribution < -0.4 is 11.3 Å². The minimum absolute atomic E-state index is 0.0356. The fourth-order valence-corrected chi connectivity index (χ4v) is 1.51. The van der Waals surface area contributed by atoms with Gasteiger partial charge < -0.3 is 5.11 Å². The van der Waals surface area contributed by atoms with Crippen LogP contribution in [0.5, 0.6) is 0 Å². The van der Waals surface area contributed by atoms with E-state index in [-0.39, 0.29) is 12.5 Å². The van der Waals surface area contributed by atoms with E-state index < -0.39 is 0 Å². The molecule has 0 spiro atoms. The van der Waals surface area contributed by atoms with Gasteiger partial charge in [-0.3, -0.25) is 11.3 Å². The van der Waals surface area contributed by atoms with Gasteiger partial charge in [-0.25, -0.2) is 0 Å². The van der Waals surface area contributed by atoms with Crippen LogP contribution in [0.4, 0.5) is 0 Å². The number of halogens is 1.